The van der Waals surface area contributed by atoms with E-state index in [1.165, 1.54) is 38.8 Å². The van der Waals surface area contributed by atoms with E-state index < -0.39 is 0 Å². The van der Waals surface area contributed by atoms with Gasteiger partial charge in [-0.05, 0) is 49.7 Å². The Labute approximate surface area is 132 Å². The van der Waals surface area contributed by atoms with Crippen molar-refractivity contribution in [3.63, 3.8) is 0 Å². The predicted molar refractivity (Wildman–Crippen MR) is 89.7 cm³/mol. The largest absolute Gasteiger partial charge is 0.492 e. The summed E-state index contributed by atoms with van der Waals surface area (Å²) < 4.78 is 5.92. The number of hydrogen-bond donors (Lipinski definition) is 1. The van der Waals surface area contributed by atoms with Crippen molar-refractivity contribution in [2.75, 3.05) is 26.2 Å². The first-order valence-corrected chi connectivity index (χ1v) is 8.37. The minimum Gasteiger partial charge on any atom is -0.492 e. The molecule has 0 aromatic heterocycles. The first-order chi connectivity index (χ1) is 10.2. The lowest BCUT2D eigenvalue weighted by molar-refractivity contribution is 0.196. The Morgan fingerprint density at radius 1 is 1.14 bits per heavy atom. The molecule has 21 heavy (non-hydrogen) atoms. The predicted octanol–water partition coefficient (Wildman–Crippen LogP) is 2.82. The van der Waals surface area contributed by atoms with Crippen LogP contribution in [-0.2, 0) is 0 Å². The van der Waals surface area contributed by atoms with Crippen LogP contribution in [0.15, 0.2) is 24.3 Å². The molecule has 3 nitrogen and oxygen atoms in total. The summed E-state index contributed by atoms with van der Waals surface area (Å²) in [4.78, 5) is 2.98. The topological polar surface area (TPSA) is 38.5 Å². The van der Waals surface area contributed by atoms with Gasteiger partial charge in [0.2, 0.25) is 0 Å². The van der Waals surface area contributed by atoms with Crippen molar-refractivity contribution in [3.05, 3.63) is 29.8 Å². The summed E-state index contributed by atoms with van der Waals surface area (Å²) in [5, 5.41) is 0. The highest BCUT2D eigenvalue weighted by Crippen LogP contribution is 2.33. The lowest BCUT2D eigenvalue weighted by atomic mass is 10.2. The molecular weight excluding hydrogens is 280 g/mol. The van der Waals surface area contributed by atoms with Crippen LogP contribution in [0.2, 0.25) is 0 Å². The molecule has 2 saturated carbocycles. The summed E-state index contributed by atoms with van der Waals surface area (Å²) in [6, 6.07) is 7.77. The van der Waals surface area contributed by atoms with Gasteiger partial charge in [-0.3, -0.25) is 4.90 Å². The van der Waals surface area contributed by atoms with Crippen LogP contribution in [0.4, 0.5) is 0 Å². The normalized spacial score (nSPS) is 18.0. The number of hydrogen-bond acceptors (Lipinski definition) is 3. The molecule has 0 bridgehead atoms. The number of benzene rings is 1. The van der Waals surface area contributed by atoms with Gasteiger partial charge in [-0.2, -0.15) is 0 Å². The number of ether oxygens (including phenoxy) is 1. The molecule has 0 heterocycles. The smallest absolute Gasteiger partial charge is 0.129 e. The maximum atomic E-state index is 5.92. The lowest BCUT2D eigenvalue weighted by Crippen LogP contribution is -2.32. The molecule has 3 rings (SSSR count). The monoisotopic (exact) mass is 304 g/mol. The maximum Gasteiger partial charge on any atom is 0.129 e. The molecule has 2 aliphatic rings. The molecule has 1 aromatic carbocycles. The number of nitrogens with zero attached hydrogens (tertiary/aromatic N) is 1. The van der Waals surface area contributed by atoms with Crippen LogP contribution in [0.1, 0.15) is 31.2 Å². The molecule has 0 amide bonds. The van der Waals surface area contributed by atoms with Crippen molar-refractivity contribution in [2.24, 2.45) is 17.6 Å². The molecule has 0 aliphatic heterocycles. The van der Waals surface area contributed by atoms with Gasteiger partial charge in [0.25, 0.3) is 0 Å². The van der Waals surface area contributed by atoms with Crippen LogP contribution < -0.4 is 10.5 Å². The van der Waals surface area contributed by atoms with E-state index in [2.05, 4.69) is 4.90 Å². The van der Waals surface area contributed by atoms with E-state index in [-0.39, 0.29) is 0 Å². The van der Waals surface area contributed by atoms with Crippen LogP contribution >= 0.6 is 12.2 Å². The Kier molecular flexibility index (Phi) is 4.76. The zero-order chi connectivity index (χ0) is 14.7. The highest BCUT2D eigenvalue weighted by atomic mass is 32.1. The minimum absolute atomic E-state index is 0.401. The molecular formula is C17H24N2OS. The van der Waals surface area contributed by atoms with E-state index in [0.717, 1.165) is 29.7 Å². The van der Waals surface area contributed by atoms with Crippen molar-refractivity contribution in [1.29, 1.82) is 0 Å². The molecule has 0 atom stereocenters. The second kappa shape index (κ2) is 6.75. The fourth-order valence-corrected chi connectivity index (χ4v) is 2.84. The van der Waals surface area contributed by atoms with Gasteiger partial charge in [-0.15, -0.1) is 0 Å². The Bertz CT molecular complexity index is 483. The van der Waals surface area contributed by atoms with Crippen molar-refractivity contribution in [2.45, 2.75) is 25.7 Å². The average Bonchev–Trinajstić information content (AvgIpc) is 3.35. The molecule has 2 N–H and O–H groups in total. The molecule has 0 unspecified atom stereocenters. The Morgan fingerprint density at radius 3 is 2.33 bits per heavy atom. The zero-order valence-corrected chi connectivity index (χ0v) is 13.3. The fourth-order valence-electron chi connectivity index (χ4n) is 2.67. The van der Waals surface area contributed by atoms with Crippen LogP contribution in [0.25, 0.3) is 0 Å². The zero-order valence-electron chi connectivity index (χ0n) is 12.5. The third-order valence-electron chi connectivity index (χ3n) is 4.24. The standard InChI is InChI=1S/C17H24N2OS/c18-17(21)15-3-1-2-4-16(15)20-10-9-19(11-13-5-6-13)12-14-7-8-14/h1-4,13-14H,5-12H2,(H2,18,21). The van der Waals surface area contributed by atoms with E-state index in [0.29, 0.717) is 11.6 Å². The quantitative estimate of drug-likeness (QED) is 0.712. The molecule has 1 aromatic rings. The van der Waals surface area contributed by atoms with Crippen LogP contribution in [-0.4, -0.2) is 36.1 Å². The molecule has 4 heteroatoms. The van der Waals surface area contributed by atoms with E-state index in [4.69, 9.17) is 22.7 Å². The summed E-state index contributed by atoms with van der Waals surface area (Å²) in [6.45, 7) is 4.20. The Morgan fingerprint density at radius 2 is 1.76 bits per heavy atom. The summed E-state index contributed by atoms with van der Waals surface area (Å²) in [6.07, 6.45) is 5.64. The first-order valence-electron chi connectivity index (χ1n) is 7.96. The van der Waals surface area contributed by atoms with E-state index in [9.17, 15) is 0 Å². The number of nitrogens with two attached hydrogens (primary N) is 1. The molecule has 2 aliphatic carbocycles. The van der Waals surface area contributed by atoms with Gasteiger partial charge in [0.05, 0.1) is 5.56 Å². The SMILES string of the molecule is NC(=S)c1ccccc1OCCN(CC1CC1)CC1CC1. The van der Waals surface area contributed by atoms with Crippen molar-refractivity contribution in [1.82, 2.24) is 4.90 Å². The molecule has 0 spiro atoms. The van der Waals surface area contributed by atoms with Crippen LogP contribution in [0.5, 0.6) is 5.75 Å². The number of rotatable bonds is 9. The van der Waals surface area contributed by atoms with Crippen molar-refractivity contribution >= 4 is 17.2 Å². The molecule has 2 fully saturated rings. The first kappa shape index (κ1) is 14.8. The molecule has 0 saturated heterocycles. The van der Waals surface area contributed by atoms with Gasteiger partial charge in [0, 0.05) is 19.6 Å². The highest BCUT2D eigenvalue weighted by Gasteiger charge is 2.28. The summed E-state index contributed by atoms with van der Waals surface area (Å²) in [5.41, 5.74) is 6.57. The number of para-hydroxylation sites is 1. The van der Waals surface area contributed by atoms with E-state index >= 15 is 0 Å². The number of thiocarbonyl (C=S) groups is 1. The fraction of sp³-hybridized carbons (Fsp3) is 0.588. The molecule has 114 valence electrons. The highest BCUT2D eigenvalue weighted by molar-refractivity contribution is 7.80. The van der Waals surface area contributed by atoms with Gasteiger partial charge in [0.1, 0.15) is 17.3 Å². The van der Waals surface area contributed by atoms with Crippen molar-refractivity contribution < 1.29 is 4.74 Å². The second-order valence-electron chi connectivity index (χ2n) is 6.36. The minimum atomic E-state index is 0.401. The summed E-state index contributed by atoms with van der Waals surface area (Å²) >= 11 is 5.07. The van der Waals surface area contributed by atoms with Crippen LogP contribution in [0.3, 0.4) is 0 Å². The summed E-state index contributed by atoms with van der Waals surface area (Å²) in [5.74, 6) is 2.68. The van der Waals surface area contributed by atoms with E-state index in [1.54, 1.807) is 0 Å². The Balaban J connectivity index is 1.50. The van der Waals surface area contributed by atoms with Gasteiger partial charge in [0.15, 0.2) is 0 Å². The van der Waals surface area contributed by atoms with Gasteiger partial charge < -0.3 is 10.5 Å². The average molecular weight is 304 g/mol. The van der Waals surface area contributed by atoms with Crippen LogP contribution in [0, 0.1) is 11.8 Å². The van der Waals surface area contributed by atoms with E-state index in [1.807, 2.05) is 24.3 Å². The van der Waals surface area contributed by atoms with Gasteiger partial charge in [-0.25, -0.2) is 0 Å². The maximum absolute atomic E-state index is 5.92. The lowest BCUT2D eigenvalue weighted by Gasteiger charge is -2.22. The summed E-state index contributed by atoms with van der Waals surface area (Å²) in [7, 11) is 0. The van der Waals surface area contributed by atoms with Crippen molar-refractivity contribution in [3.8, 4) is 5.75 Å². The second-order valence-corrected chi connectivity index (χ2v) is 6.80. The Hall–Kier alpha value is -1.13. The third kappa shape index (κ3) is 4.68. The van der Waals surface area contributed by atoms with Gasteiger partial charge >= 0.3 is 0 Å². The molecule has 0 radical (unpaired) electrons. The van der Waals surface area contributed by atoms with Gasteiger partial charge in [-0.1, -0.05) is 24.4 Å². The third-order valence-corrected chi connectivity index (χ3v) is 4.46.